The third-order valence-electron chi connectivity index (χ3n) is 4.59. The number of anilines is 1. The third-order valence-corrected chi connectivity index (χ3v) is 4.59. The van der Waals surface area contributed by atoms with Crippen LogP contribution in [0, 0.1) is 6.92 Å². The van der Waals surface area contributed by atoms with Crippen molar-refractivity contribution in [2.75, 3.05) is 12.4 Å². The summed E-state index contributed by atoms with van der Waals surface area (Å²) in [7, 11) is 1.62. The zero-order valence-corrected chi connectivity index (χ0v) is 16.2. The smallest absolute Gasteiger partial charge is 0.248 e. The molecule has 1 amide bonds. The lowest BCUT2D eigenvalue weighted by Crippen LogP contribution is -2.07. The summed E-state index contributed by atoms with van der Waals surface area (Å²) in [6.45, 7) is 2.00. The van der Waals surface area contributed by atoms with Crippen LogP contribution in [0.15, 0.2) is 73.1 Å². The van der Waals surface area contributed by atoms with Gasteiger partial charge in [-0.25, -0.2) is 9.97 Å². The number of ether oxygens (including phenoxy) is 1. The van der Waals surface area contributed by atoms with E-state index in [9.17, 15) is 4.79 Å². The van der Waals surface area contributed by atoms with E-state index in [1.165, 1.54) is 6.08 Å². The van der Waals surface area contributed by atoms with E-state index < -0.39 is 0 Å². The fraction of sp³-hybridized carbons (Fsp3) is 0.0870. The van der Waals surface area contributed by atoms with Crippen molar-refractivity contribution in [1.29, 1.82) is 0 Å². The lowest BCUT2D eigenvalue weighted by Gasteiger charge is -2.05. The minimum atomic E-state index is -0.202. The number of aryl methyl sites for hydroxylation is 1. The van der Waals surface area contributed by atoms with Gasteiger partial charge < -0.3 is 10.1 Å². The van der Waals surface area contributed by atoms with E-state index in [4.69, 9.17) is 4.74 Å². The van der Waals surface area contributed by atoms with Crippen LogP contribution in [0.4, 0.5) is 5.69 Å². The first-order chi connectivity index (χ1) is 14.1. The van der Waals surface area contributed by atoms with Crippen LogP contribution in [-0.2, 0) is 4.79 Å². The van der Waals surface area contributed by atoms with Crippen LogP contribution in [0.25, 0.3) is 23.1 Å². The maximum Gasteiger partial charge on any atom is 0.248 e. The first kappa shape index (κ1) is 18.4. The number of hydrogen-bond acceptors (Lipinski definition) is 4. The molecule has 2 aromatic heterocycles. The molecule has 2 heterocycles. The zero-order valence-electron chi connectivity index (χ0n) is 16.2. The van der Waals surface area contributed by atoms with Crippen LogP contribution in [0.3, 0.4) is 0 Å². The molecule has 6 heteroatoms. The largest absolute Gasteiger partial charge is 0.497 e. The molecule has 144 valence electrons. The molecule has 0 bridgehead atoms. The Morgan fingerprint density at radius 3 is 2.72 bits per heavy atom. The van der Waals surface area contributed by atoms with E-state index in [0.29, 0.717) is 11.5 Å². The van der Waals surface area contributed by atoms with Crippen molar-refractivity contribution in [3.63, 3.8) is 0 Å². The van der Waals surface area contributed by atoms with Crippen LogP contribution < -0.4 is 10.1 Å². The molecule has 4 aromatic rings. The van der Waals surface area contributed by atoms with Gasteiger partial charge in [0.2, 0.25) is 11.7 Å². The zero-order chi connectivity index (χ0) is 20.2. The highest BCUT2D eigenvalue weighted by molar-refractivity contribution is 6.02. The fourth-order valence-corrected chi connectivity index (χ4v) is 3.09. The van der Waals surface area contributed by atoms with Crippen molar-refractivity contribution in [2.45, 2.75) is 6.92 Å². The lowest BCUT2D eigenvalue weighted by atomic mass is 10.1. The third kappa shape index (κ3) is 4.01. The number of hydrogen-bond donors (Lipinski definition) is 1. The minimum Gasteiger partial charge on any atom is -0.497 e. The van der Waals surface area contributed by atoms with Crippen LogP contribution in [0.5, 0.6) is 5.75 Å². The summed E-state index contributed by atoms with van der Waals surface area (Å²) in [4.78, 5) is 21.2. The van der Waals surface area contributed by atoms with E-state index >= 15 is 0 Å². The molecule has 0 atom stereocenters. The van der Waals surface area contributed by atoms with E-state index in [2.05, 4.69) is 15.3 Å². The molecule has 0 aliphatic carbocycles. The van der Waals surface area contributed by atoms with Crippen LogP contribution in [0.1, 0.15) is 11.3 Å². The molecule has 0 spiro atoms. The topological polar surface area (TPSA) is 68.5 Å². The number of benzene rings is 2. The van der Waals surface area contributed by atoms with E-state index in [1.54, 1.807) is 19.4 Å². The van der Waals surface area contributed by atoms with Gasteiger partial charge in [-0.3, -0.25) is 9.20 Å². The number of carbonyl (C=O) groups excluding carboxylic acids is 1. The highest BCUT2D eigenvalue weighted by Gasteiger charge is 2.11. The highest BCUT2D eigenvalue weighted by Crippen LogP contribution is 2.25. The second-order valence-corrected chi connectivity index (χ2v) is 6.51. The Balaban J connectivity index is 1.51. The van der Waals surface area contributed by atoms with Crippen molar-refractivity contribution < 1.29 is 9.53 Å². The van der Waals surface area contributed by atoms with E-state index in [1.807, 2.05) is 72.1 Å². The van der Waals surface area contributed by atoms with Gasteiger partial charge in [0.1, 0.15) is 5.75 Å². The Labute approximate surface area is 168 Å². The number of fused-ring (bicyclic) bond motifs is 1. The standard InChI is InChI=1S/C23H20N4O2/c1-16-22(26-23-24-13-4-14-27(16)23)18-5-3-6-19(15-18)25-21(28)12-9-17-7-10-20(29-2)11-8-17/h3-15H,1-2H3,(H,25,28)/b12-9+. The lowest BCUT2D eigenvalue weighted by molar-refractivity contribution is -0.111. The van der Waals surface area contributed by atoms with Gasteiger partial charge in [-0.1, -0.05) is 24.3 Å². The van der Waals surface area contributed by atoms with Crippen molar-refractivity contribution >= 4 is 23.4 Å². The number of rotatable bonds is 5. The molecular formula is C23H20N4O2. The van der Waals surface area contributed by atoms with Crippen molar-refractivity contribution in [1.82, 2.24) is 14.4 Å². The molecule has 0 fully saturated rings. The van der Waals surface area contributed by atoms with Gasteiger partial charge in [-0.15, -0.1) is 0 Å². The molecule has 0 unspecified atom stereocenters. The van der Waals surface area contributed by atoms with E-state index in [-0.39, 0.29) is 5.91 Å². The maximum atomic E-state index is 12.3. The average Bonchev–Trinajstić information content (AvgIpc) is 3.10. The van der Waals surface area contributed by atoms with Gasteiger partial charge >= 0.3 is 0 Å². The van der Waals surface area contributed by atoms with Crippen molar-refractivity contribution in [3.05, 3.63) is 84.3 Å². The number of aromatic nitrogens is 3. The number of amides is 1. The summed E-state index contributed by atoms with van der Waals surface area (Å²) in [6, 6.07) is 17.0. The quantitative estimate of drug-likeness (QED) is 0.519. The Bertz CT molecular complexity index is 1190. The second kappa shape index (κ2) is 7.98. The van der Waals surface area contributed by atoms with Crippen molar-refractivity contribution in [2.24, 2.45) is 0 Å². The fourth-order valence-electron chi connectivity index (χ4n) is 3.09. The first-order valence-electron chi connectivity index (χ1n) is 9.17. The summed E-state index contributed by atoms with van der Waals surface area (Å²) in [5, 5.41) is 2.90. The van der Waals surface area contributed by atoms with Gasteiger partial charge in [-0.05, 0) is 48.9 Å². The first-order valence-corrected chi connectivity index (χ1v) is 9.17. The molecule has 0 saturated heterocycles. The number of nitrogens with one attached hydrogen (secondary N) is 1. The molecular weight excluding hydrogens is 364 g/mol. The van der Waals surface area contributed by atoms with Gasteiger partial charge in [0.05, 0.1) is 12.8 Å². The molecule has 0 aliphatic heterocycles. The molecule has 1 N–H and O–H groups in total. The number of methoxy groups -OCH3 is 1. The molecule has 4 rings (SSSR count). The molecule has 0 saturated carbocycles. The average molecular weight is 384 g/mol. The Kier molecular flexibility index (Phi) is 5.07. The monoisotopic (exact) mass is 384 g/mol. The Morgan fingerprint density at radius 2 is 1.97 bits per heavy atom. The Hall–Kier alpha value is -3.93. The highest BCUT2D eigenvalue weighted by atomic mass is 16.5. The number of imidazole rings is 1. The molecule has 0 aliphatic rings. The number of nitrogens with zero attached hydrogens (tertiary/aromatic N) is 3. The molecule has 2 aromatic carbocycles. The predicted octanol–water partition coefficient (Wildman–Crippen LogP) is 4.37. The predicted molar refractivity (Wildman–Crippen MR) is 114 cm³/mol. The summed E-state index contributed by atoms with van der Waals surface area (Å²) >= 11 is 0. The summed E-state index contributed by atoms with van der Waals surface area (Å²) < 4.78 is 7.08. The van der Waals surface area contributed by atoms with E-state index in [0.717, 1.165) is 28.3 Å². The van der Waals surface area contributed by atoms with Gasteiger partial charge in [-0.2, -0.15) is 0 Å². The van der Waals surface area contributed by atoms with Gasteiger partial charge in [0.15, 0.2) is 0 Å². The van der Waals surface area contributed by atoms with Crippen LogP contribution in [-0.4, -0.2) is 27.4 Å². The van der Waals surface area contributed by atoms with Crippen LogP contribution in [0.2, 0.25) is 0 Å². The maximum absolute atomic E-state index is 12.3. The summed E-state index contributed by atoms with van der Waals surface area (Å²) in [6.07, 6.45) is 6.92. The summed E-state index contributed by atoms with van der Waals surface area (Å²) in [5.74, 6) is 1.23. The van der Waals surface area contributed by atoms with Crippen molar-refractivity contribution in [3.8, 4) is 17.0 Å². The second-order valence-electron chi connectivity index (χ2n) is 6.51. The molecule has 6 nitrogen and oxygen atoms in total. The normalized spacial score (nSPS) is 11.1. The van der Waals surface area contributed by atoms with Gasteiger partial charge in [0.25, 0.3) is 0 Å². The van der Waals surface area contributed by atoms with Gasteiger partial charge in [0, 0.05) is 35.4 Å². The Morgan fingerprint density at radius 1 is 1.14 bits per heavy atom. The summed E-state index contributed by atoms with van der Waals surface area (Å²) in [5.41, 5.74) is 4.38. The van der Waals surface area contributed by atoms with Crippen LogP contribution >= 0.6 is 0 Å². The molecule has 29 heavy (non-hydrogen) atoms. The minimum absolute atomic E-state index is 0.202. The number of carbonyl (C=O) groups is 1. The molecule has 0 radical (unpaired) electrons. The SMILES string of the molecule is COc1ccc(/C=C/C(=O)Nc2cccc(-c3nc4ncccn4c3C)c2)cc1.